The molecule has 19 heavy (non-hydrogen) atoms. The molecule has 1 heterocycles. The average molecular weight is 258 g/mol. The fourth-order valence-electron chi connectivity index (χ4n) is 1.83. The molecular weight excluding hydrogens is 240 g/mol. The van der Waals surface area contributed by atoms with E-state index in [4.69, 9.17) is 9.47 Å². The van der Waals surface area contributed by atoms with Gasteiger partial charge >= 0.3 is 0 Å². The van der Waals surface area contributed by atoms with E-state index in [-0.39, 0.29) is 0 Å². The van der Waals surface area contributed by atoms with Gasteiger partial charge in [-0.3, -0.25) is 4.98 Å². The molecular formula is C15H18N2O2. The van der Waals surface area contributed by atoms with Crippen LogP contribution < -0.4 is 14.8 Å². The minimum absolute atomic E-state index is 0.783. The molecule has 100 valence electrons. The van der Waals surface area contributed by atoms with Crippen molar-refractivity contribution in [2.45, 2.75) is 6.42 Å². The summed E-state index contributed by atoms with van der Waals surface area (Å²) >= 11 is 0. The Morgan fingerprint density at radius 3 is 2.74 bits per heavy atom. The second kappa shape index (κ2) is 6.64. The Kier molecular flexibility index (Phi) is 4.61. The number of methoxy groups -OCH3 is 2. The standard InChI is InChI=1S/C15H18N2O2/c1-18-13-5-6-14(15(10-13)19-2)17-9-7-12-4-3-8-16-11-12/h3-6,8,10-11,17H,7,9H2,1-2H3. The summed E-state index contributed by atoms with van der Waals surface area (Å²) in [4.78, 5) is 4.10. The van der Waals surface area contributed by atoms with Crippen LogP contribution in [0.2, 0.25) is 0 Å². The monoisotopic (exact) mass is 258 g/mol. The lowest BCUT2D eigenvalue weighted by Crippen LogP contribution is -2.06. The first-order valence-corrected chi connectivity index (χ1v) is 6.18. The van der Waals surface area contributed by atoms with E-state index in [1.165, 1.54) is 5.56 Å². The lowest BCUT2D eigenvalue weighted by molar-refractivity contribution is 0.395. The molecule has 0 aliphatic carbocycles. The molecule has 1 aromatic carbocycles. The van der Waals surface area contributed by atoms with Crippen LogP contribution in [-0.2, 0) is 6.42 Å². The number of nitrogens with one attached hydrogen (secondary N) is 1. The molecule has 0 saturated carbocycles. The van der Waals surface area contributed by atoms with Gasteiger partial charge < -0.3 is 14.8 Å². The molecule has 2 aromatic rings. The summed E-state index contributed by atoms with van der Waals surface area (Å²) in [5.41, 5.74) is 2.18. The van der Waals surface area contributed by atoms with Crippen LogP contribution >= 0.6 is 0 Å². The summed E-state index contributed by atoms with van der Waals surface area (Å²) in [6, 6.07) is 9.76. The maximum absolute atomic E-state index is 5.34. The van der Waals surface area contributed by atoms with Crippen LogP contribution in [0.15, 0.2) is 42.7 Å². The third kappa shape index (κ3) is 3.61. The predicted octanol–water partition coefficient (Wildman–Crippen LogP) is 2.75. The summed E-state index contributed by atoms with van der Waals surface area (Å²) in [6.45, 7) is 0.828. The number of hydrogen-bond acceptors (Lipinski definition) is 4. The Balaban J connectivity index is 1.96. The molecule has 0 saturated heterocycles. The number of pyridine rings is 1. The van der Waals surface area contributed by atoms with Crippen molar-refractivity contribution in [2.75, 3.05) is 26.1 Å². The number of rotatable bonds is 6. The van der Waals surface area contributed by atoms with Crippen LogP contribution in [0, 0.1) is 0 Å². The van der Waals surface area contributed by atoms with Gasteiger partial charge in [0, 0.05) is 25.0 Å². The zero-order valence-electron chi connectivity index (χ0n) is 11.2. The smallest absolute Gasteiger partial charge is 0.145 e. The number of benzene rings is 1. The van der Waals surface area contributed by atoms with Gasteiger partial charge in [-0.25, -0.2) is 0 Å². The van der Waals surface area contributed by atoms with Crippen LogP contribution in [0.5, 0.6) is 11.5 Å². The van der Waals surface area contributed by atoms with Crippen LogP contribution in [0.1, 0.15) is 5.56 Å². The minimum Gasteiger partial charge on any atom is -0.497 e. The molecule has 0 aliphatic heterocycles. The van der Waals surface area contributed by atoms with Gasteiger partial charge in [-0.05, 0) is 30.2 Å². The number of nitrogens with zero attached hydrogens (tertiary/aromatic N) is 1. The van der Waals surface area contributed by atoms with Crippen molar-refractivity contribution in [2.24, 2.45) is 0 Å². The van der Waals surface area contributed by atoms with Crippen LogP contribution in [0.4, 0.5) is 5.69 Å². The highest BCUT2D eigenvalue weighted by Gasteiger charge is 2.04. The van der Waals surface area contributed by atoms with Gasteiger partial charge in [0.15, 0.2) is 0 Å². The number of ether oxygens (including phenoxy) is 2. The first kappa shape index (κ1) is 13.2. The molecule has 0 unspecified atom stereocenters. The summed E-state index contributed by atoms with van der Waals surface area (Å²) < 4.78 is 10.5. The third-order valence-corrected chi connectivity index (χ3v) is 2.86. The van der Waals surface area contributed by atoms with Gasteiger partial charge in [0.05, 0.1) is 19.9 Å². The molecule has 0 aliphatic rings. The second-order valence-corrected chi connectivity index (χ2v) is 4.10. The Morgan fingerprint density at radius 1 is 1.16 bits per heavy atom. The number of aromatic nitrogens is 1. The average Bonchev–Trinajstić information content (AvgIpc) is 2.48. The van der Waals surface area contributed by atoms with Crippen LogP contribution in [0.25, 0.3) is 0 Å². The van der Waals surface area contributed by atoms with Gasteiger partial charge in [0.2, 0.25) is 0 Å². The molecule has 0 spiro atoms. The van der Waals surface area contributed by atoms with Gasteiger partial charge in [-0.1, -0.05) is 6.07 Å². The van der Waals surface area contributed by atoms with Crippen LogP contribution in [0.3, 0.4) is 0 Å². The maximum atomic E-state index is 5.34. The predicted molar refractivity (Wildman–Crippen MR) is 76.0 cm³/mol. The first-order chi connectivity index (χ1) is 9.33. The molecule has 0 fully saturated rings. The van der Waals surface area contributed by atoms with Gasteiger partial charge in [0.1, 0.15) is 11.5 Å². The van der Waals surface area contributed by atoms with Crippen molar-refractivity contribution in [1.82, 2.24) is 4.98 Å². The fourth-order valence-corrected chi connectivity index (χ4v) is 1.83. The maximum Gasteiger partial charge on any atom is 0.145 e. The van der Waals surface area contributed by atoms with E-state index >= 15 is 0 Å². The zero-order chi connectivity index (χ0) is 13.5. The van der Waals surface area contributed by atoms with Crippen molar-refractivity contribution in [3.05, 3.63) is 48.3 Å². The van der Waals surface area contributed by atoms with Gasteiger partial charge in [-0.2, -0.15) is 0 Å². The first-order valence-electron chi connectivity index (χ1n) is 6.18. The van der Waals surface area contributed by atoms with E-state index in [0.717, 1.165) is 30.2 Å². The Morgan fingerprint density at radius 2 is 2.05 bits per heavy atom. The lowest BCUT2D eigenvalue weighted by atomic mass is 10.2. The summed E-state index contributed by atoms with van der Waals surface area (Å²) in [6.07, 6.45) is 4.58. The number of anilines is 1. The topological polar surface area (TPSA) is 43.4 Å². The van der Waals surface area contributed by atoms with Gasteiger partial charge in [0.25, 0.3) is 0 Å². The lowest BCUT2D eigenvalue weighted by Gasteiger charge is -2.12. The highest BCUT2D eigenvalue weighted by Crippen LogP contribution is 2.28. The van der Waals surface area contributed by atoms with Crippen molar-refractivity contribution in [1.29, 1.82) is 0 Å². The zero-order valence-corrected chi connectivity index (χ0v) is 11.2. The van der Waals surface area contributed by atoms with E-state index < -0.39 is 0 Å². The van der Waals surface area contributed by atoms with Crippen molar-refractivity contribution in [3.8, 4) is 11.5 Å². The minimum atomic E-state index is 0.783. The molecule has 4 heteroatoms. The summed E-state index contributed by atoms with van der Waals surface area (Å²) in [5, 5.41) is 3.36. The molecule has 0 bridgehead atoms. The normalized spacial score (nSPS) is 10.0. The quantitative estimate of drug-likeness (QED) is 0.865. The second-order valence-electron chi connectivity index (χ2n) is 4.10. The molecule has 0 radical (unpaired) electrons. The van der Waals surface area contributed by atoms with E-state index in [1.807, 2.05) is 30.5 Å². The highest BCUT2D eigenvalue weighted by molar-refractivity contribution is 5.59. The van der Waals surface area contributed by atoms with Crippen molar-refractivity contribution < 1.29 is 9.47 Å². The molecule has 1 N–H and O–H groups in total. The van der Waals surface area contributed by atoms with E-state index in [2.05, 4.69) is 16.4 Å². The summed E-state index contributed by atoms with van der Waals surface area (Å²) in [5.74, 6) is 1.57. The fraction of sp³-hybridized carbons (Fsp3) is 0.267. The Hall–Kier alpha value is -2.23. The van der Waals surface area contributed by atoms with E-state index in [1.54, 1.807) is 20.4 Å². The molecule has 1 aromatic heterocycles. The van der Waals surface area contributed by atoms with Crippen molar-refractivity contribution >= 4 is 5.69 Å². The van der Waals surface area contributed by atoms with E-state index in [0.29, 0.717) is 0 Å². The number of hydrogen-bond donors (Lipinski definition) is 1. The van der Waals surface area contributed by atoms with E-state index in [9.17, 15) is 0 Å². The molecule has 4 nitrogen and oxygen atoms in total. The molecule has 0 atom stereocenters. The molecule has 0 amide bonds. The van der Waals surface area contributed by atoms with Crippen LogP contribution in [-0.4, -0.2) is 25.7 Å². The van der Waals surface area contributed by atoms with Crippen molar-refractivity contribution in [3.63, 3.8) is 0 Å². The van der Waals surface area contributed by atoms with Gasteiger partial charge in [-0.15, -0.1) is 0 Å². The molecule has 2 rings (SSSR count). The summed E-state index contributed by atoms with van der Waals surface area (Å²) in [7, 11) is 3.30. The highest BCUT2D eigenvalue weighted by atomic mass is 16.5. The SMILES string of the molecule is COc1ccc(NCCc2cccnc2)c(OC)c1. The Bertz CT molecular complexity index is 515. The third-order valence-electron chi connectivity index (χ3n) is 2.86. The Labute approximate surface area is 113 Å². The largest absolute Gasteiger partial charge is 0.497 e.